The van der Waals surface area contributed by atoms with Crippen LogP contribution >= 0.6 is 0 Å². The zero-order valence-corrected chi connectivity index (χ0v) is 5.97. The maximum Gasteiger partial charge on any atom is 0.307 e. The van der Waals surface area contributed by atoms with Gasteiger partial charge in [0.25, 0.3) is 0 Å². The standard InChI is InChI=1S/C7H13NO2/c9-7(10)6-3-1-2-4-8-5-6/h6,8H,1-5H2,(H,9,10)/t6-/m0/s1. The van der Waals surface area contributed by atoms with Gasteiger partial charge in [-0.2, -0.15) is 0 Å². The molecular weight excluding hydrogens is 130 g/mol. The van der Waals surface area contributed by atoms with E-state index in [1.807, 2.05) is 0 Å². The number of nitrogens with one attached hydrogen (secondary N) is 1. The van der Waals surface area contributed by atoms with E-state index in [4.69, 9.17) is 5.11 Å². The predicted molar refractivity (Wildman–Crippen MR) is 37.8 cm³/mol. The summed E-state index contributed by atoms with van der Waals surface area (Å²) in [5.74, 6) is -0.808. The van der Waals surface area contributed by atoms with Crippen molar-refractivity contribution in [3.05, 3.63) is 0 Å². The van der Waals surface area contributed by atoms with Crippen LogP contribution in [0.2, 0.25) is 0 Å². The molecule has 0 bridgehead atoms. The fraction of sp³-hybridized carbons (Fsp3) is 0.857. The first kappa shape index (κ1) is 7.54. The van der Waals surface area contributed by atoms with E-state index < -0.39 is 5.97 Å². The number of carboxylic acids is 1. The molecule has 1 aliphatic heterocycles. The Bertz CT molecular complexity index is 117. The molecule has 1 heterocycles. The second-order valence-electron chi connectivity index (χ2n) is 2.74. The third kappa shape index (κ3) is 1.99. The molecule has 0 saturated carbocycles. The average molecular weight is 143 g/mol. The van der Waals surface area contributed by atoms with E-state index in [0.717, 1.165) is 25.8 Å². The molecule has 0 aromatic heterocycles. The molecule has 1 saturated heterocycles. The smallest absolute Gasteiger partial charge is 0.307 e. The molecule has 1 aliphatic rings. The summed E-state index contributed by atoms with van der Waals surface area (Å²) < 4.78 is 0. The maximum atomic E-state index is 10.5. The van der Waals surface area contributed by atoms with Gasteiger partial charge in [-0.05, 0) is 19.4 Å². The lowest BCUT2D eigenvalue weighted by molar-refractivity contribution is -0.141. The Morgan fingerprint density at radius 2 is 2.30 bits per heavy atom. The first-order valence-electron chi connectivity index (χ1n) is 3.74. The van der Waals surface area contributed by atoms with Crippen LogP contribution in [0, 0.1) is 5.92 Å². The molecule has 3 nitrogen and oxygen atoms in total. The van der Waals surface area contributed by atoms with Gasteiger partial charge in [-0.15, -0.1) is 0 Å². The molecule has 1 rings (SSSR count). The van der Waals surface area contributed by atoms with Crippen LogP contribution in [-0.4, -0.2) is 24.2 Å². The summed E-state index contributed by atoms with van der Waals surface area (Å²) in [6, 6.07) is 0. The van der Waals surface area contributed by atoms with Gasteiger partial charge in [0.1, 0.15) is 0 Å². The van der Waals surface area contributed by atoms with Crippen LogP contribution < -0.4 is 5.32 Å². The van der Waals surface area contributed by atoms with Crippen molar-refractivity contribution in [3.8, 4) is 0 Å². The molecule has 0 aliphatic carbocycles. The van der Waals surface area contributed by atoms with E-state index in [9.17, 15) is 4.79 Å². The SMILES string of the molecule is O=C(O)[C@H]1CCCCNC1. The number of rotatable bonds is 1. The largest absolute Gasteiger partial charge is 0.481 e. The van der Waals surface area contributed by atoms with Gasteiger partial charge >= 0.3 is 5.97 Å². The van der Waals surface area contributed by atoms with Crippen molar-refractivity contribution >= 4 is 5.97 Å². The van der Waals surface area contributed by atoms with E-state index in [-0.39, 0.29) is 5.92 Å². The minimum absolute atomic E-state index is 0.150. The van der Waals surface area contributed by atoms with E-state index in [1.165, 1.54) is 0 Å². The molecule has 1 atom stereocenters. The topological polar surface area (TPSA) is 49.3 Å². The Morgan fingerprint density at radius 3 is 3.00 bits per heavy atom. The molecule has 0 spiro atoms. The van der Waals surface area contributed by atoms with E-state index in [2.05, 4.69) is 5.32 Å². The quantitative estimate of drug-likeness (QED) is 0.560. The first-order valence-corrected chi connectivity index (χ1v) is 3.74. The summed E-state index contributed by atoms with van der Waals surface area (Å²) in [5.41, 5.74) is 0. The van der Waals surface area contributed by atoms with Gasteiger partial charge in [0.15, 0.2) is 0 Å². The lowest BCUT2D eigenvalue weighted by Gasteiger charge is -2.06. The molecule has 1 fully saturated rings. The highest BCUT2D eigenvalue weighted by Crippen LogP contribution is 2.10. The lowest BCUT2D eigenvalue weighted by Crippen LogP contribution is -2.26. The van der Waals surface area contributed by atoms with Crippen molar-refractivity contribution < 1.29 is 9.90 Å². The number of hydrogen-bond acceptors (Lipinski definition) is 2. The van der Waals surface area contributed by atoms with Gasteiger partial charge < -0.3 is 10.4 Å². The fourth-order valence-electron chi connectivity index (χ4n) is 1.23. The van der Waals surface area contributed by atoms with E-state index in [1.54, 1.807) is 0 Å². The third-order valence-corrected chi connectivity index (χ3v) is 1.90. The van der Waals surface area contributed by atoms with Crippen LogP contribution in [-0.2, 0) is 4.79 Å². The number of hydrogen-bond donors (Lipinski definition) is 2. The second kappa shape index (κ2) is 3.56. The fourth-order valence-corrected chi connectivity index (χ4v) is 1.23. The summed E-state index contributed by atoms with van der Waals surface area (Å²) in [7, 11) is 0. The Kier molecular flexibility index (Phi) is 2.68. The molecule has 58 valence electrons. The van der Waals surface area contributed by atoms with Crippen LogP contribution in [0.1, 0.15) is 19.3 Å². The molecule has 0 amide bonds. The van der Waals surface area contributed by atoms with Crippen molar-refractivity contribution in [2.75, 3.05) is 13.1 Å². The monoisotopic (exact) mass is 143 g/mol. The number of carboxylic acid groups (broad SMARTS) is 1. The number of aliphatic carboxylic acids is 1. The Balaban J connectivity index is 2.35. The predicted octanol–water partition coefficient (Wildman–Crippen LogP) is 0.461. The molecule has 10 heavy (non-hydrogen) atoms. The molecular formula is C7H13NO2. The van der Waals surface area contributed by atoms with Crippen molar-refractivity contribution in [1.82, 2.24) is 5.32 Å². The summed E-state index contributed by atoms with van der Waals surface area (Å²) >= 11 is 0. The molecule has 0 unspecified atom stereocenters. The summed E-state index contributed by atoms with van der Waals surface area (Å²) in [5, 5.41) is 11.7. The number of carbonyl (C=O) groups is 1. The third-order valence-electron chi connectivity index (χ3n) is 1.90. The molecule has 0 aromatic carbocycles. The summed E-state index contributed by atoms with van der Waals surface area (Å²) in [6.07, 6.45) is 3.00. The first-order chi connectivity index (χ1) is 4.80. The normalized spacial score (nSPS) is 27.4. The molecule has 0 radical (unpaired) electrons. The molecule has 2 N–H and O–H groups in total. The average Bonchev–Trinajstić information content (AvgIpc) is 2.12. The van der Waals surface area contributed by atoms with Crippen molar-refractivity contribution in [2.45, 2.75) is 19.3 Å². The highest BCUT2D eigenvalue weighted by atomic mass is 16.4. The van der Waals surface area contributed by atoms with Gasteiger partial charge in [0.2, 0.25) is 0 Å². The lowest BCUT2D eigenvalue weighted by atomic mass is 10.0. The zero-order chi connectivity index (χ0) is 7.40. The van der Waals surface area contributed by atoms with Crippen LogP contribution in [0.25, 0.3) is 0 Å². The van der Waals surface area contributed by atoms with Gasteiger partial charge in [-0.25, -0.2) is 0 Å². The van der Waals surface area contributed by atoms with Crippen LogP contribution in [0.15, 0.2) is 0 Å². The van der Waals surface area contributed by atoms with Gasteiger partial charge in [0.05, 0.1) is 5.92 Å². The van der Waals surface area contributed by atoms with Crippen molar-refractivity contribution in [2.24, 2.45) is 5.92 Å². The Morgan fingerprint density at radius 1 is 1.50 bits per heavy atom. The Labute approximate surface area is 60.4 Å². The maximum absolute atomic E-state index is 10.5. The second-order valence-corrected chi connectivity index (χ2v) is 2.74. The van der Waals surface area contributed by atoms with Crippen LogP contribution in [0.4, 0.5) is 0 Å². The van der Waals surface area contributed by atoms with Crippen molar-refractivity contribution in [3.63, 3.8) is 0 Å². The van der Waals surface area contributed by atoms with E-state index in [0.29, 0.717) is 6.54 Å². The van der Waals surface area contributed by atoms with Gasteiger partial charge in [-0.1, -0.05) is 6.42 Å². The molecule has 0 aromatic rings. The van der Waals surface area contributed by atoms with Crippen molar-refractivity contribution in [1.29, 1.82) is 0 Å². The highest BCUT2D eigenvalue weighted by Gasteiger charge is 2.17. The minimum Gasteiger partial charge on any atom is -0.481 e. The molecule has 3 heteroatoms. The Hall–Kier alpha value is -0.570. The zero-order valence-electron chi connectivity index (χ0n) is 5.97. The van der Waals surface area contributed by atoms with Crippen LogP contribution in [0.5, 0.6) is 0 Å². The van der Waals surface area contributed by atoms with Gasteiger partial charge in [-0.3, -0.25) is 4.79 Å². The summed E-state index contributed by atoms with van der Waals surface area (Å²) in [4.78, 5) is 10.5. The minimum atomic E-state index is -0.658. The summed E-state index contributed by atoms with van der Waals surface area (Å²) in [6.45, 7) is 1.62. The van der Waals surface area contributed by atoms with Gasteiger partial charge in [0, 0.05) is 6.54 Å². The van der Waals surface area contributed by atoms with Crippen LogP contribution in [0.3, 0.4) is 0 Å². The van der Waals surface area contributed by atoms with E-state index >= 15 is 0 Å². The highest BCUT2D eigenvalue weighted by molar-refractivity contribution is 5.70.